The minimum Gasteiger partial charge on any atom is -0.445 e. The third kappa shape index (κ3) is 4.00. The zero-order chi connectivity index (χ0) is 17.6. The van der Waals surface area contributed by atoms with Gasteiger partial charge in [0.15, 0.2) is 0 Å². The van der Waals surface area contributed by atoms with Crippen molar-refractivity contribution in [2.75, 3.05) is 13.7 Å². The third-order valence-corrected chi connectivity index (χ3v) is 4.38. The van der Waals surface area contributed by atoms with Gasteiger partial charge in [-0.1, -0.05) is 48.5 Å². The molecular formula is C20H22N2O3. The molecule has 0 spiro atoms. The summed E-state index contributed by atoms with van der Waals surface area (Å²) >= 11 is 0. The molecule has 0 bridgehead atoms. The highest BCUT2D eigenvalue weighted by Gasteiger charge is 2.22. The van der Waals surface area contributed by atoms with E-state index in [4.69, 9.17) is 4.74 Å². The molecule has 0 saturated carbocycles. The van der Waals surface area contributed by atoms with Crippen LogP contribution in [0.4, 0.5) is 4.79 Å². The number of rotatable bonds is 6. The van der Waals surface area contributed by atoms with Gasteiger partial charge < -0.3 is 19.7 Å². The number of nitrogens with one attached hydrogen (secondary N) is 1. The third-order valence-electron chi connectivity index (χ3n) is 4.38. The number of aliphatic hydroxyl groups excluding tert-OH is 1. The molecule has 5 heteroatoms. The van der Waals surface area contributed by atoms with Crippen LogP contribution in [-0.4, -0.2) is 40.8 Å². The predicted octanol–water partition coefficient (Wildman–Crippen LogP) is 3.34. The molecule has 1 amide bonds. The minimum atomic E-state index is -0.442. The smallest absolute Gasteiger partial charge is 0.410 e. The second kappa shape index (κ2) is 7.85. The molecule has 2 aromatic carbocycles. The van der Waals surface area contributed by atoms with E-state index in [0.29, 0.717) is 6.42 Å². The summed E-state index contributed by atoms with van der Waals surface area (Å²) in [5, 5.41) is 10.8. The summed E-state index contributed by atoms with van der Waals surface area (Å²) in [7, 11) is 1.66. The molecule has 0 aliphatic heterocycles. The van der Waals surface area contributed by atoms with E-state index in [1.54, 1.807) is 7.05 Å². The molecule has 1 aromatic heterocycles. The topological polar surface area (TPSA) is 65.6 Å². The number of nitrogens with zero attached hydrogens (tertiary/aromatic N) is 1. The Balaban J connectivity index is 1.64. The molecule has 5 nitrogen and oxygen atoms in total. The number of benzene rings is 2. The summed E-state index contributed by atoms with van der Waals surface area (Å²) in [5.74, 6) is 0. The number of H-pyrrole nitrogens is 1. The molecule has 0 radical (unpaired) electrons. The fraction of sp³-hybridized carbons (Fsp3) is 0.250. The minimum absolute atomic E-state index is 0.129. The highest BCUT2D eigenvalue weighted by Crippen LogP contribution is 2.20. The molecule has 0 aliphatic carbocycles. The highest BCUT2D eigenvalue weighted by molar-refractivity contribution is 5.83. The van der Waals surface area contributed by atoms with Gasteiger partial charge in [0, 0.05) is 24.1 Å². The van der Waals surface area contributed by atoms with Crippen molar-refractivity contribution in [3.05, 3.63) is 71.9 Å². The van der Waals surface area contributed by atoms with Crippen LogP contribution in [0.15, 0.2) is 60.8 Å². The first-order chi connectivity index (χ1) is 12.2. The van der Waals surface area contributed by atoms with Crippen molar-refractivity contribution >= 4 is 17.0 Å². The quantitative estimate of drug-likeness (QED) is 0.724. The Hall–Kier alpha value is -2.79. The first kappa shape index (κ1) is 17.0. The maximum absolute atomic E-state index is 12.3. The Morgan fingerprint density at radius 1 is 1.16 bits per heavy atom. The molecule has 3 aromatic rings. The van der Waals surface area contributed by atoms with Gasteiger partial charge in [-0.3, -0.25) is 0 Å². The fourth-order valence-electron chi connectivity index (χ4n) is 2.85. The van der Waals surface area contributed by atoms with E-state index in [2.05, 4.69) is 4.98 Å². The van der Waals surface area contributed by atoms with E-state index in [-0.39, 0.29) is 19.3 Å². The summed E-state index contributed by atoms with van der Waals surface area (Å²) in [6.07, 6.45) is 2.04. The number of aromatic nitrogens is 1. The number of ether oxygens (including phenoxy) is 1. The average molecular weight is 338 g/mol. The number of hydrogen-bond donors (Lipinski definition) is 2. The summed E-state index contributed by atoms with van der Waals surface area (Å²) in [5.41, 5.74) is 3.04. The van der Waals surface area contributed by atoms with Gasteiger partial charge in [0.05, 0.1) is 12.6 Å². The van der Waals surface area contributed by atoms with Crippen molar-refractivity contribution in [1.29, 1.82) is 0 Å². The number of amides is 1. The molecule has 3 rings (SSSR count). The van der Waals surface area contributed by atoms with Crippen molar-refractivity contribution in [3.8, 4) is 0 Å². The van der Waals surface area contributed by atoms with Gasteiger partial charge >= 0.3 is 6.09 Å². The Morgan fingerprint density at radius 2 is 1.88 bits per heavy atom. The Morgan fingerprint density at radius 3 is 2.64 bits per heavy atom. The molecule has 130 valence electrons. The maximum Gasteiger partial charge on any atom is 0.410 e. The van der Waals surface area contributed by atoms with E-state index in [9.17, 15) is 9.90 Å². The van der Waals surface area contributed by atoms with Crippen LogP contribution in [-0.2, 0) is 17.8 Å². The van der Waals surface area contributed by atoms with E-state index in [1.807, 2.05) is 60.8 Å². The number of hydrogen-bond acceptors (Lipinski definition) is 3. The number of carbonyl (C=O) groups excluding carboxylic acids is 1. The number of aromatic amines is 1. The highest BCUT2D eigenvalue weighted by atomic mass is 16.6. The zero-order valence-electron chi connectivity index (χ0n) is 14.2. The Bertz CT molecular complexity index is 829. The van der Waals surface area contributed by atoms with Crippen LogP contribution in [0.1, 0.15) is 11.1 Å². The van der Waals surface area contributed by atoms with Gasteiger partial charge in [-0.15, -0.1) is 0 Å². The number of aliphatic hydroxyl groups is 1. The molecule has 1 heterocycles. The zero-order valence-corrected chi connectivity index (χ0v) is 14.2. The van der Waals surface area contributed by atoms with Gasteiger partial charge in [0.2, 0.25) is 0 Å². The first-order valence-electron chi connectivity index (χ1n) is 8.28. The van der Waals surface area contributed by atoms with Crippen LogP contribution in [0.3, 0.4) is 0 Å². The Labute approximate surface area is 146 Å². The van der Waals surface area contributed by atoms with Gasteiger partial charge in [0.25, 0.3) is 0 Å². The predicted molar refractivity (Wildman–Crippen MR) is 97.3 cm³/mol. The van der Waals surface area contributed by atoms with Gasteiger partial charge in [0.1, 0.15) is 6.61 Å². The molecular weight excluding hydrogens is 316 g/mol. The van der Waals surface area contributed by atoms with Crippen molar-refractivity contribution in [1.82, 2.24) is 9.88 Å². The Kier molecular flexibility index (Phi) is 5.36. The van der Waals surface area contributed by atoms with Crippen LogP contribution in [0, 0.1) is 0 Å². The number of fused-ring (bicyclic) bond motifs is 1. The average Bonchev–Trinajstić information content (AvgIpc) is 3.07. The normalized spacial score (nSPS) is 12.1. The lowest BCUT2D eigenvalue weighted by molar-refractivity contribution is 0.0762. The number of para-hydroxylation sites is 1. The van der Waals surface area contributed by atoms with Crippen LogP contribution >= 0.6 is 0 Å². The summed E-state index contributed by atoms with van der Waals surface area (Å²) in [6.45, 7) is 0.0890. The molecule has 0 fully saturated rings. The molecule has 0 aliphatic rings. The summed E-state index contributed by atoms with van der Waals surface area (Å²) in [4.78, 5) is 17.0. The fourth-order valence-corrected chi connectivity index (χ4v) is 2.85. The van der Waals surface area contributed by atoms with Crippen molar-refractivity contribution in [2.24, 2.45) is 0 Å². The molecule has 25 heavy (non-hydrogen) atoms. The number of carbonyl (C=O) groups is 1. The van der Waals surface area contributed by atoms with E-state index >= 15 is 0 Å². The second-order valence-electron chi connectivity index (χ2n) is 6.05. The van der Waals surface area contributed by atoms with Gasteiger partial charge in [-0.2, -0.15) is 0 Å². The van der Waals surface area contributed by atoms with Crippen molar-refractivity contribution in [2.45, 2.75) is 19.1 Å². The molecule has 2 N–H and O–H groups in total. The van der Waals surface area contributed by atoms with E-state index < -0.39 is 6.09 Å². The summed E-state index contributed by atoms with van der Waals surface area (Å²) in [6, 6.07) is 17.2. The van der Waals surface area contributed by atoms with Gasteiger partial charge in [-0.25, -0.2) is 4.79 Å². The lowest BCUT2D eigenvalue weighted by Gasteiger charge is -2.26. The van der Waals surface area contributed by atoms with Crippen LogP contribution < -0.4 is 0 Å². The largest absolute Gasteiger partial charge is 0.445 e. The maximum atomic E-state index is 12.3. The lowest BCUT2D eigenvalue weighted by atomic mass is 10.0. The van der Waals surface area contributed by atoms with E-state index in [1.165, 1.54) is 4.90 Å². The standard InChI is InChI=1S/C20H22N2O3/c1-22(20(24)25-14-15-7-3-2-4-8-15)17(13-23)11-16-12-21-19-10-6-5-9-18(16)19/h2-10,12,17,21,23H,11,13-14H2,1H3. The van der Waals surface area contributed by atoms with Crippen LogP contribution in [0.2, 0.25) is 0 Å². The first-order valence-corrected chi connectivity index (χ1v) is 8.28. The van der Waals surface area contributed by atoms with Crippen molar-refractivity contribution in [3.63, 3.8) is 0 Å². The van der Waals surface area contributed by atoms with Crippen LogP contribution in [0.25, 0.3) is 10.9 Å². The van der Waals surface area contributed by atoms with Crippen LogP contribution in [0.5, 0.6) is 0 Å². The summed E-state index contributed by atoms with van der Waals surface area (Å²) < 4.78 is 5.35. The SMILES string of the molecule is CN(C(=O)OCc1ccccc1)C(CO)Cc1c[nH]c2ccccc12. The second-order valence-corrected chi connectivity index (χ2v) is 6.05. The lowest BCUT2D eigenvalue weighted by Crippen LogP contribution is -2.41. The molecule has 1 unspecified atom stereocenters. The van der Waals surface area contributed by atoms with Gasteiger partial charge in [-0.05, 0) is 23.6 Å². The van der Waals surface area contributed by atoms with E-state index in [0.717, 1.165) is 22.0 Å². The number of likely N-dealkylation sites (N-methyl/N-ethyl adjacent to an activating group) is 1. The van der Waals surface area contributed by atoms with Crippen molar-refractivity contribution < 1.29 is 14.6 Å². The molecule has 1 atom stereocenters. The molecule has 0 saturated heterocycles. The monoisotopic (exact) mass is 338 g/mol.